The van der Waals surface area contributed by atoms with Crippen molar-refractivity contribution in [3.05, 3.63) is 24.3 Å². The van der Waals surface area contributed by atoms with Crippen LogP contribution in [0.4, 0.5) is 0 Å². The van der Waals surface area contributed by atoms with Gasteiger partial charge in [-0.2, -0.15) is 0 Å². The monoisotopic (exact) mass is 421 g/mol. The number of hydrogen-bond donors (Lipinski definition) is 0. The lowest BCUT2D eigenvalue weighted by Gasteiger charge is -2.38. The summed E-state index contributed by atoms with van der Waals surface area (Å²) in [5.41, 5.74) is -0.393. The van der Waals surface area contributed by atoms with Crippen LogP contribution >= 0.6 is 0 Å². The zero-order valence-corrected chi connectivity index (χ0v) is 19.1. The first kappa shape index (κ1) is 22.3. The summed E-state index contributed by atoms with van der Waals surface area (Å²) in [7, 11) is -3.94. The Morgan fingerprint density at radius 3 is 1.93 bits per heavy atom. The Morgan fingerprint density at radius 1 is 1.00 bits per heavy atom. The van der Waals surface area contributed by atoms with Crippen molar-refractivity contribution >= 4 is 28.3 Å². The Balaban J connectivity index is 1.70. The second-order valence-corrected chi connectivity index (χ2v) is 11.7. The number of piperidine rings is 1. The predicted octanol–water partition coefficient (Wildman–Crippen LogP) is 2.41. The number of nitrogens with zero attached hydrogens (tertiary/aromatic N) is 1. The highest BCUT2D eigenvalue weighted by molar-refractivity contribution is 7.91. The zero-order chi connectivity index (χ0) is 21.7. The van der Waals surface area contributed by atoms with Crippen molar-refractivity contribution in [1.29, 1.82) is 0 Å². The smallest absolute Gasteiger partial charge is 0.399 e. The maximum absolute atomic E-state index is 13.0. The van der Waals surface area contributed by atoms with E-state index >= 15 is 0 Å². The molecule has 160 valence electrons. The molecule has 2 aliphatic heterocycles. The molecule has 0 spiro atoms. The van der Waals surface area contributed by atoms with Gasteiger partial charge in [-0.25, -0.2) is 8.42 Å². The van der Waals surface area contributed by atoms with E-state index in [9.17, 15) is 13.2 Å². The summed E-state index contributed by atoms with van der Waals surface area (Å²) in [4.78, 5) is 13.6. The van der Waals surface area contributed by atoms with E-state index < -0.39 is 28.2 Å². The standard InChI is InChI=1S/C21H32BNO5S/c1-16(24)23-13-11-21(6,12-14-23)15-29(25,26)18-9-7-17(8-10-18)22-27-19(2,3)20(4,5)28-22/h7-10H,11-15H2,1-6H3. The highest BCUT2D eigenvalue weighted by Crippen LogP contribution is 2.37. The first-order valence-corrected chi connectivity index (χ1v) is 11.8. The number of benzene rings is 1. The summed E-state index contributed by atoms with van der Waals surface area (Å²) in [6.07, 6.45) is 1.38. The van der Waals surface area contributed by atoms with Gasteiger partial charge in [0.25, 0.3) is 0 Å². The minimum absolute atomic E-state index is 0.0493. The summed E-state index contributed by atoms with van der Waals surface area (Å²) in [5.74, 6) is 0.134. The van der Waals surface area contributed by atoms with Gasteiger partial charge >= 0.3 is 7.12 Å². The molecule has 0 atom stereocenters. The number of rotatable bonds is 4. The Hall–Kier alpha value is -1.38. The van der Waals surface area contributed by atoms with Crippen molar-refractivity contribution in [3.8, 4) is 0 Å². The van der Waals surface area contributed by atoms with E-state index in [2.05, 4.69) is 0 Å². The van der Waals surface area contributed by atoms with Crippen molar-refractivity contribution in [1.82, 2.24) is 4.90 Å². The third-order valence-corrected chi connectivity index (χ3v) is 8.79. The van der Waals surface area contributed by atoms with Gasteiger partial charge in [0, 0.05) is 20.0 Å². The first-order valence-electron chi connectivity index (χ1n) is 10.2. The molecule has 2 fully saturated rings. The lowest BCUT2D eigenvalue weighted by Crippen LogP contribution is -2.43. The SMILES string of the molecule is CC(=O)N1CCC(C)(CS(=O)(=O)c2ccc(B3OC(C)(C)C(C)(C)O3)cc2)CC1. The average molecular weight is 421 g/mol. The average Bonchev–Trinajstić information content (AvgIpc) is 2.82. The van der Waals surface area contributed by atoms with Crippen LogP contribution in [0.1, 0.15) is 54.4 Å². The van der Waals surface area contributed by atoms with E-state index in [4.69, 9.17) is 9.31 Å². The quantitative estimate of drug-likeness (QED) is 0.699. The maximum atomic E-state index is 13.0. The minimum atomic E-state index is -3.43. The third kappa shape index (κ3) is 4.54. The highest BCUT2D eigenvalue weighted by Gasteiger charge is 2.51. The molecular weight excluding hydrogens is 389 g/mol. The van der Waals surface area contributed by atoms with Crippen LogP contribution in [0.2, 0.25) is 0 Å². The van der Waals surface area contributed by atoms with Gasteiger partial charge in [0.2, 0.25) is 5.91 Å². The minimum Gasteiger partial charge on any atom is -0.399 e. The molecule has 8 heteroatoms. The van der Waals surface area contributed by atoms with E-state index in [1.807, 2.05) is 34.6 Å². The van der Waals surface area contributed by atoms with Gasteiger partial charge in [0.05, 0.1) is 21.9 Å². The fourth-order valence-electron chi connectivity index (χ4n) is 3.86. The lowest BCUT2D eigenvalue weighted by atomic mass is 9.79. The van der Waals surface area contributed by atoms with Crippen LogP contribution in [0.5, 0.6) is 0 Å². The molecule has 0 saturated carbocycles. The van der Waals surface area contributed by atoms with E-state index in [1.165, 1.54) is 0 Å². The van der Waals surface area contributed by atoms with Crippen LogP contribution in [-0.2, 0) is 23.9 Å². The molecule has 29 heavy (non-hydrogen) atoms. The van der Waals surface area contributed by atoms with E-state index in [-0.39, 0.29) is 17.1 Å². The van der Waals surface area contributed by atoms with Crippen molar-refractivity contribution in [2.75, 3.05) is 18.8 Å². The normalized spacial score (nSPS) is 23.2. The molecule has 6 nitrogen and oxygen atoms in total. The Morgan fingerprint density at radius 2 is 1.48 bits per heavy atom. The van der Waals surface area contributed by atoms with Crippen LogP contribution in [0.25, 0.3) is 0 Å². The summed E-state index contributed by atoms with van der Waals surface area (Å²) in [5, 5.41) is 0. The van der Waals surface area contributed by atoms with Gasteiger partial charge < -0.3 is 14.2 Å². The number of likely N-dealkylation sites (tertiary alicyclic amines) is 1. The van der Waals surface area contributed by atoms with Gasteiger partial charge in [-0.15, -0.1) is 0 Å². The third-order valence-electron chi connectivity index (χ3n) is 6.72. The number of carbonyl (C=O) groups excluding carboxylic acids is 1. The fraction of sp³-hybridized carbons (Fsp3) is 0.667. The van der Waals surface area contributed by atoms with Crippen LogP contribution in [0.15, 0.2) is 29.2 Å². The van der Waals surface area contributed by atoms with Gasteiger partial charge in [0.1, 0.15) is 0 Å². The number of sulfone groups is 1. The Kier molecular flexibility index (Phi) is 5.69. The summed E-state index contributed by atoms with van der Waals surface area (Å²) < 4.78 is 38.1. The molecule has 1 amide bonds. The second-order valence-electron chi connectivity index (χ2n) is 9.73. The molecule has 0 bridgehead atoms. The molecule has 0 unspecified atom stereocenters. The number of amides is 1. The van der Waals surface area contributed by atoms with Crippen LogP contribution in [0, 0.1) is 5.41 Å². The second kappa shape index (κ2) is 7.39. The highest BCUT2D eigenvalue weighted by atomic mass is 32.2. The van der Waals surface area contributed by atoms with Crippen LogP contribution in [0.3, 0.4) is 0 Å². The van der Waals surface area contributed by atoms with Gasteiger partial charge in [-0.3, -0.25) is 4.79 Å². The lowest BCUT2D eigenvalue weighted by molar-refractivity contribution is -0.130. The molecule has 1 aromatic rings. The Bertz CT molecular complexity index is 855. The van der Waals surface area contributed by atoms with E-state index in [0.717, 1.165) is 5.46 Å². The molecule has 0 N–H and O–H groups in total. The van der Waals surface area contributed by atoms with Crippen molar-refractivity contribution in [3.63, 3.8) is 0 Å². The molecule has 3 rings (SSSR count). The first-order chi connectivity index (χ1) is 13.2. The Labute approximate surface area is 175 Å². The molecule has 2 heterocycles. The molecular formula is C21H32BNO5S. The van der Waals surface area contributed by atoms with Crippen LogP contribution in [-0.4, -0.2) is 56.4 Å². The summed E-state index contributed by atoms with van der Waals surface area (Å²) in [6, 6.07) is 6.83. The largest absolute Gasteiger partial charge is 0.494 e. The number of carbonyl (C=O) groups is 1. The molecule has 0 aromatic heterocycles. The zero-order valence-electron chi connectivity index (χ0n) is 18.3. The molecule has 0 aliphatic carbocycles. The fourth-order valence-corrected chi connectivity index (χ4v) is 5.78. The summed E-state index contributed by atoms with van der Waals surface area (Å²) >= 11 is 0. The summed E-state index contributed by atoms with van der Waals surface area (Å²) in [6.45, 7) is 12.7. The van der Waals surface area contributed by atoms with Crippen molar-refractivity contribution in [2.24, 2.45) is 5.41 Å². The molecule has 2 saturated heterocycles. The number of hydrogen-bond acceptors (Lipinski definition) is 5. The molecule has 0 radical (unpaired) electrons. The van der Waals surface area contributed by atoms with Gasteiger partial charge in [0.15, 0.2) is 9.84 Å². The molecule has 1 aromatic carbocycles. The van der Waals surface area contributed by atoms with E-state index in [0.29, 0.717) is 30.8 Å². The molecule has 2 aliphatic rings. The predicted molar refractivity (Wildman–Crippen MR) is 114 cm³/mol. The topological polar surface area (TPSA) is 72.9 Å². The van der Waals surface area contributed by atoms with Gasteiger partial charge in [-0.05, 0) is 63.5 Å². The van der Waals surface area contributed by atoms with Crippen molar-refractivity contribution < 1.29 is 22.5 Å². The van der Waals surface area contributed by atoms with Crippen molar-refractivity contribution in [2.45, 2.75) is 70.5 Å². The maximum Gasteiger partial charge on any atom is 0.494 e. The van der Waals surface area contributed by atoms with Gasteiger partial charge in [-0.1, -0.05) is 19.1 Å². The van der Waals surface area contributed by atoms with Crippen LogP contribution < -0.4 is 5.46 Å². The van der Waals surface area contributed by atoms with E-state index in [1.54, 1.807) is 36.1 Å².